The van der Waals surface area contributed by atoms with Crippen molar-refractivity contribution in [3.05, 3.63) is 62.8 Å². The fourth-order valence-electron chi connectivity index (χ4n) is 1.48. The summed E-state index contributed by atoms with van der Waals surface area (Å²) in [6.45, 7) is 0.486. The summed E-state index contributed by atoms with van der Waals surface area (Å²) in [6.07, 6.45) is 0. The lowest BCUT2D eigenvalue weighted by Gasteiger charge is -2.09. The lowest BCUT2D eigenvalue weighted by molar-refractivity contribution is 0.628. The van der Waals surface area contributed by atoms with Gasteiger partial charge in [-0.2, -0.15) is 0 Å². The average molecular weight is 305 g/mol. The molecule has 0 heterocycles. The quantitative estimate of drug-likeness (QED) is 0.800. The molecule has 1 N–H and O–H groups in total. The third-order valence-electron chi connectivity index (χ3n) is 2.40. The molecule has 94 valence electrons. The summed E-state index contributed by atoms with van der Waals surface area (Å²) >= 11 is 17.7. The molecule has 0 spiro atoms. The van der Waals surface area contributed by atoms with Crippen molar-refractivity contribution < 1.29 is 4.39 Å². The first-order chi connectivity index (χ1) is 8.56. The Kier molecular flexibility index (Phi) is 4.33. The number of benzene rings is 2. The largest absolute Gasteiger partial charge is 0.380 e. The van der Waals surface area contributed by atoms with Crippen LogP contribution in [0.4, 0.5) is 10.1 Å². The summed E-state index contributed by atoms with van der Waals surface area (Å²) in [5, 5.41) is 4.50. The maximum Gasteiger partial charge on any atom is 0.125 e. The number of hydrogen-bond donors (Lipinski definition) is 1. The van der Waals surface area contributed by atoms with E-state index < -0.39 is 0 Å². The molecule has 0 aliphatic rings. The topological polar surface area (TPSA) is 12.0 Å². The van der Waals surface area contributed by atoms with Crippen LogP contribution in [-0.4, -0.2) is 0 Å². The Morgan fingerprint density at radius 3 is 2.33 bits per heavy atom. The van der Waals surface area contributed by atoms with Gasteiger partial charge < -0.3 is 5.32 Å². The summed E-state index contributed by atoms with van der Waals surface area (Å²) in [4.78, 5) is 0. The lowest BCUT2D eigenvalue weighted by atomic mass is 10.2. The number of anilines is 1. The van der Waals surface area contributed by atoms with Gasteiger partial charge in [0, 0.05) is 6.54 Å². The molecule has 0 aromatic heterocycles. The van der Waals surface area contributed by atoms with E-state index in [1.807, 2.05) is 6.07 Å². The van der Waals surface area contributed by atoms with Gasteiger partial charge in [-0.15, -0.1) is 0 Å². The third kappa shape index (κ3) is 3.29. The first kappa shape index (κ1) is 13.5. The first-order valence-electron chi connectivity index (χ1n) is 5.19. The SMILES string of the molecule is Fc1ccc(Cl)c(NCc2ccc(Cl)c(Cl)c2)c1. The average Bonchev–Trinajstić information content (AvgIpc) is 2.34. The first-order valence-corrected chi connectivity index (χ1v) is 6.32. The van der Waals surface area contributed by atoms with Gasteiger partial charge in [0.15, 0.2) is 0 Å². The minimum Gasteiger partial charge on any atom is -0.380 e. The molecule has 0 bridgehead atoms. The molecule has 0 saturated heterocycles. The predicted molar refractivity (Wildman–Crippen MR) is 75.2 cm³/mol. The Morgan fingerprint density at radius 2 is 1.61 bits per heavy atom. The molecule has 0 fully saturated rings. The second-order valence-electron chi connectivity index (χ2n) is 3.73. The van der Waals surface area contributed by atoms with Crippen molar-refractivity contribution in [3.8, 4) is 0 Å². The normalized spacial score (nSPS) is 10.4. The Bertz CT molecular complexity index is 572. The highest BCUT2D eigenvalue weighted by molar-refractivity contribution is 6.42. The number of halogens is 4. The van der Waals surface area contributed by atoms with Crippen LogP contribution in [0.2, 0.25) is 15.1 Å². The van der Waals surface area contributed by atoms with Crippen molar-refractivity contribution in [2.45, 2.75) is 6.54 Å². The summed E-state index contributed by atoms with van der Waals surface area (Å²) in [7, 11) is 0. The zero-order valence-corrected chi connectivity index (χ0v) is 11.5. The molecule has 2 aromatic carbocycles. The van der Waals surface area contributed by atoms with E-state index in [2.05, 4.69) is 5.32 Å². The van der Waals surface area contributed by atoms with Crippen LogP contribution in [0.25, 0.3) is 0 Å². The highest BCUT2D eigenvalue weighted by atomic mass is 35.5. The molecule has 0 saturated carbocycles. The van der Waals surface area contributed by atoms with Gasteiger partial charge in [-0.1, -0.05) is 40.9 Å². The molecule has 18 heavy (non-hydrogen) atoms. The molecule has 5 heteroatoms. The molecule has 0 unspecified atom stereocenters. The molecule has 0 amide bonds. The minimum absolute atomic E-state index is 0.337. The maximum absolute atomic E-state index is 13.1. The van der Waals surface area contributed by atoms with Crippen LogP contribution in [-0.2, 0) is 6.54 Å². The minimum atomic E-state index is -0.337. The van der Waals surface area contributed by atoms with Gasteiger partial charge in [-0.3, -0.25) is 0 Å². The van der Waals surface area contributed by atoms with Gasteiger partial charge >= 0.3 is 0 Å². The van der Waals surface area contributed by atoms with E-state index in [1.165, 1.54) is 18.2 Å². The molecule has 2 rings (SSSR count). The molecular formula is C13H9Cl3FN. The lowest BCUT2D eigenvalue weighted by Crippen LogP contribution is -2.00. The molecule has 0 aliphatic carbocycles. The van der Waals surface area contributed by atoms with Crippen LogP contribution >= 0.6 is 34.8 Å². The van der Waals surface area contributed by atoms with Crippen LogP contribution in [0.15, 0.2) is 36.4 Å². The van der Waals surface area contributed by atoms with Crippen molar-refractivity contribution in [1.82, 2.24) is 0 Å². The molecule has 1 nitrogen and oxygen atoms in total. The van der Waals surface area contributed by atoms with Crippen molar-refractivity contribution in [2.75, 3.05) is 5.32 Å². The summed E-state index contributed by atoms with van der Waals surface area (Å²) < 4.78 is 13.1. The monoisotopic (exact) mass is 303 g/mol. The Hall–Kier alpha value is -0.960. The highest BCUT2D eigenvalue weighted by Gasteiger charge is 2.03. The molecule has 0 atom stereocenters. The van der Waals surface area contributed by atoms with E-state index in [-0.39, 0.29) is 5.82 Å². The molecular weight excluding hydrogens is 296 g/mol. The number of hydrogen-bond acceptors (Lipinski definition) is 1. The number of rotatable bonds is 3. The van der Waals surface area contributed by atoms with Crippen LogP contribution in [0.3, 0.4) is 0 Å². The fraction of sp³-hybridized carbons (Fsp3) is 0.0769. The Labute approximate surface area is 119 Å². The second kappa shape index (κ2) is 5.79. The van der Waals surface area contributed by atoms with Gasteiger partial charge in [0.1, 0.15) is 5.82 Å². The van der Waals surface area contributed by atoms with Crippen molar-refractivity contribution in [3.63, 3.8) is 0 Å². The standard InChI is InChI=1S/C13H9Cl3FN/c14-10-3-1-8(5-12(10)16)7-18-13-6-9(17)2-4-11(13)15/h1-6,18H,7H2. The van der Waals surface area contributed by atoms with Crippen LogP contribution in [0.5, 0.6) is 0 Å². The zero-order chi connectivity index (χ0) is 13.1. The summed E-state index contributed by atoms with van der Waals surface area (Å²) in [5.41, 5.74) is 1.48. The van der Waals surface area contributed by atoms with Crippen molar-refractivity contribution >= 4 is 40.5 Å². The van der Waals surface area contributed by atoms with Crippen LogP contribution in [0, 0.1) is 5.82 Å². The predicted octanol–water partition coefficient (Wildman–Crippen LogP) is 5.40. The molecule has 2 aromatic rings. The number of nitrogens with one attached hydrogen (secondary N) is 1. The van der Waals surface area contributed by atoms with Gasteiger partial charge in [0.05, 0.1) is 20.8 Å². The van der Waals surface area contributed by atoms with Gasteiger partial charge in [0.2, 0.25) is 0 Å². The van der Waals surface area contributed by atoms with Gasteiger partial charge in [0.25, 0.3) is 0 Å². The molecule has 0 radical (unpaired) electrons. The van der Waals surface area contributed by atoms with Crippen molar-refractivity contribution in [1.29, 1.82) is 0 Å². The smallest absolute Gasteiger partial charge is 0.125 e. The van der Waals surface area contributed by atoms with E-state index in [9.17, 15) is 4.39 Å². The van der Waals surface area contributed by atoms with E-state index >= 15 is 0 Å². The van der Waals surface area contributed by atoms with E-state index in [0.29, 0.717) is 27.3 Å². The highest BCUT2D eigenvalue weighted by Crippen LogP contribution is 2.25. The zero-order valence-electron chi connectivity index (χ0n) is 9.18. The van der Waals surface area contributed by atoms with E-state index in [4.69, 9.17) is 34.8 Å². The second-order valence-corrected chi connectivity index (χ2v) is 4.95. The third-order valence-corrected chi connectivity index (χ3v) is 3.46. The van der Waals surface area contributed by atoms with E-state index in [1.54, 1.807) is 12.1 Å². The van der Waals surface area contributed by atoms with Crippen molar-refractivity contribution in [2.24, 2.45) is 0 Å². The van der Waals surface area contributed by atoms with Crippen LogP contribution in [0.1, 0.15) is 5.56 Å². The van der Waals surface area contributed by atoms with Gasteiger partial charge in [-0.25, -0.2) is 4.39 Å². The fourth-order valence-corrected chi connectivity index (χ4v) is 1.98. The Balaban J connectivity index is 2.11. The van der Waals surface area contributed by atoms with Crippen LogP contribution < -0.4 is 5.32 Å². The summed E-state index contributed by atoms with van der Waals surface area (Å²) in [5.74, 6) is -0.337. The van der Waals surface area contributed by atoms with Gasteiger partial charge in [-0.05, 0) is 35.9 Å². The Morgan fingerprint density at radius 1 is 0.889 bits per heavy atom. The van der Waals surface area contributed by atoms with E-state index in [0.717, 1.165) is 5.56 Å². The summed E-state index contributed by atoms with van der Waals surface area (Å²) in [6, 6.07) is 9.48. The maximum atomic E-state index is 13.1. The molecule has 0 aliphatic heterocycles.